The average molecular weight is 719 g/mol. The van der Waals surface area contributed by atoms with E-state index in [0.717, 1.165) is 63.7 Å². The Kier molecular flexibility index (Phi) is 30.9. The number of carbonyl (C=O) groups is 2. The van der Waals surface area contributed by atoms with Gasteiger partial charge in [0.05, 0.1) is 25.9 Å². The van der Waals surface area contributed by atoms with Crippen molar-refractivity contribution in [3.05, 3.63) is 36.5 Å². The summed E-state index contributed by atoms with van der Waals surface area (Å²) < 4.78 is 32.5. The summed E-state index contributed by atoms with van der Waals surface area (Å²) in [6.45, 7) is 4.35. The van der Waals surface area contributed by atoms with Gasteiger partial charge in [-0.05, 0) is 38.0 Å². The summed E-state index contributed by atoms with van der Waals surface area (Å²) in [7, 11) is -4.63. The fourth-order valence-electron chi connectivity index (χ4n) is 4.71. The number of unbranched alkanes of at least 4 members (excludes halogenated alkanes) is 10. The fourth-order valence-corrected chi connectivity index (χ4v) is 5.50. The van der Waals surface area contributed by atoms with E-state index in [-0.39, 0.29) is 19.4 Å². The Labute approximate surface area is 295 Å². The number of ether oxygens (including phenoxy) is 2. The van der Waals surface area contributed by atoms with E-state index in [2.05, 4.69) is 37.4 Å². The van der Waals surface area contributed by atoms with E-state index in [4.69, 9.17) is 19.1 Å². The van der Waals surface area contributed by atoms with Gasteiger partial charge in [-0.2, -0.15) is 0 Å². The zero-order valence-electron chi connectivity index (χ0n) is 30.4. The van der Waals surface area contributed by atoms with E-state index in [1.54, 1.807) is 6.08 Å². The lowest BCUT2D eigenvalue weighted by atomic mass is 10.0. The molecule has 0 heterocycles. The maximum Gasteiger partial charge on any atom is 0.472 e. The Morgan fingerprint density at radius 1 is 0.714 bits per heavy atom. The summed E-state index contributed by atoms with van der Waals surface area (Å²) in [5, 5.41) is 28.3. The van der Waals surface area contributed by atoms with Crippen LogP contribution in [-0.2, 0) is 32.7 Å². The number of rotatable bonds is 33. The highest BCUT2D eigenvalue weighted by atomic mass is 31.2. The second-order valence-electron chi connectivity index (χ2n) is 12.9. The van der Waals surface area contributed by atoms with E-state index in [1.807, 2.05) is 18.2 Å². The number of hydrogen-bond acceptors (Lipinski definition) is 10. The second-order valence-corrected chi connectivity index (χ2v) is 14.4. The van der Waals surface area contributed by atoms with Gasteiger partial charge in [-0.3, -0.25) is 18.6 Å². The molecule has 0 aromatic heterocycles. The van der Waals surface area contributed by atoms with Gasteiger partial charge in [0, 0.05) is 12.8 Å². The second kappa shape index (κ2) is 32.1. The molecule has 0 aliphatic heterocycles. The Bertz CT molecular complexity index is 951. The Balaban J connectivity index is 4.49. The molecule has 2 unspecified atom stereocenters. The third kappa shape index (κ3) is 33.1. The molecular weight excluding hydrogens is 651 g/mol. The van der Waals surface area contributed by atoms with E-state index < -0.39 is 57.9 Å². The van der Waals surface area contributed by atoms with Crippen molar-refractivity contribution >= 4 is 19.8 Å². The maximum absolute atomic E-state index is 12.5. The summed E-state index contributed by atoms with van der Waals surface area (Å²) in [5.41, 5.74) is 0. The molecule has 0 fully saturated rings. The predicted octanol–water partition coefficient (Wildman–Crippen LogP) is 7.66. The number of carbonyl (C=O) groups excluding carboxylic acids is 2. The Hall–Kier alpha value is -1.85. The van der Waals surface area contributed by atoms with Crippen LogP contribution in [0.5, 0.6) is 0 Å². The van der Waals surface area contributed by atoms with Gasteiger partial charge < -0.3 is 29.7 Å². The number of aliphatic hydroxyl groups excluding tert-OH is 3. The molecule has 0 aromatic rings. The molecule has 0 saturated carbocycles. The van der Waals surface area contributed by atoms with Gasteiger partial charge in [0.25, 0.3) is 0 Å². The lowest BCUT2D eigenvalue weighted by Crippen LogP contribution is -2.29. The zero-order chi connectivity index (χ0) is 36.6. The highest BCUT2D eigenvalue weighted by Crippen LogP contribution is 2.43. The molecule has 0 spiro atoms. The third-order valence-electron chi connectivity index (χ3n) is 7.59. The van der Waals surface area contributed by atoms with Crippen molar-refractivity contribution in [2.75, 3.05) is 26.4 Å². The van der Waals surface area contributed by atoms with E-state index >= 15 is 0 Å². The fraction of sp³-hybridized carbons (Fsp3) is 0.784. The van der Waals surface area contributed by atoms with Crippen LogP contribution in [-0.4, -0.2) is 76.9 Å². The maximum atomic E-state index is 12.5. The smallest absolute Gasteiger partial charge is 0.462 e. The van der Waals surface area contributed by atoms with Gasteiger partial charge in [0.15, 0.2) is 6.10 Å². The predicted molar refractivity (Wildman–Crippen MR) is 193 cm³/mol. The van der Waals surface area contributed by atoms with Gasteiger partial charge in [-0.15, -0.1) is 0 Å². The molecule has 0 aliphatic carbocycles. The summed E-state index contributed by atoms with van der Waals surface area (Å²) in [5.74, 6) is -0.273. The van der Waals surface area contributed by atoms with Gasteiger partial charge in [-0.1, -0.05) is 128 Å². The van der Waals surface area contributed by atoms with Crippen molar-refractivity contribution < 1.29 is 52.9 Å². The van der Waals surface area contributed by atoms with Crippen LogP contribution in [0.1, 0.15) is 136 Å². The summed E-state index contributed by atoms with van der Waals surface area (Å²) in [6, 6.07) is 0. The van der Waals surface area contributed by atoms with Crippen LogP contribution in [0.3, 0.4) is 0 Å². The quantitative estimate of drug-likeness (QED) is 0.0173. The molecule has 4 atom stereocenters. The summed E-state index contributed by atoms with van der Waals surface area (Å²) in [6.07, 6.45) is 24.5. The number of phosphoric ester groups is 1. The monoisotopic (exact) mass is 718 g/mol. The van der Waals surface area contributed by atoms with Crippen LogP contribution >= 0.6 is 7.82 Å². The molecule has 0 bridgehead atoms. The zero-order valence-corrected chi connectivity index (χ0v) is 31.3. The number of aliphatic hydroxyl groups is 3. The van der Waals surface area contributed by atoms with Crippen LogP contribution in [0.4, 0.5) is 0 Å². The SMILES string of the molecule is CC/C=C/C/C=C/C=C/C(O)CCCCCCCC(=O)O[C@H](COC(=O)CCCCCCCCCC(C)C)COP(=O)(O)OC[C@@H](O)CO. The van der Waals surface area contributed by atoms with Crippen molar-refractivity contribution in [2.45, 2.75) is 155 Å². The van der Waals surface area contributed by atoms with Crippen LogP contribution in [0.25, 0.3) is 0 Å². The first kappa shape index (κ1) is 47.1. The van der Waals surface area contributed by atoms with E-state index in [0.29, 0.717) is 19.3 Å². The van der Waals surface area contributed by atoms with Crippen molar-refractivity contribution in [3.63, 3.8) is 0 Å². The van der Waals surface area contributed by atoms with Crippen molar-refractivity contribution in [1.82, 2.24) is 0 Å². The minimum atomic E-state index is -4.63. The normalized spacial score (nSPS) is 15.3. The molecule has 0 amide bonds. The first-order valence-corrected chi connectivity index (χ1v) is 19.9. The molecule has 0 rings (SSSR count). The molecule has 0 saturated heterocycles. The minimum Gasteiger partial charge on any atom is -0.462 e. The highest BCUT2D eigenvalue weighted by molar-refractivity contribution is 7.47. The number of allylic oxidation sites excluding steroid dienone is 5. The molecule has 286 valence electrons. The topological polar surface area (TPSA) is 169 Å². The number of phosphoric acid groups is 1. The minimum absolute atomic E-state index is 0.114. The van der Waals surface area contributed by atoms with Gasteiger partial charge in [0.1, 0.15) is 12.7 Å². The molecule has 11 nitrogen and oxygen atoms in total. The number of hydrogen-bond donors (Lipinski definition) is 4. The number of esters is 2. The Morgan fingerprint density at radius 3 is 1.90 bits per heavy atom. The Morgan fingerprint density at radius 2 is 1.29 bits per heavy atom. The lowest BCUT2D eigenvalue weighted by molar-refractivity contribution is -0.161. The van der Waals surface area contributed by atoms with Crippen LogP contribution < -0.4 is 0 Å². The third-order valence-corrected chi connectivity index (χ3v) is 8.54. The average Bonchev–Trinajstić information content (AvgIpc) is 3.06. The van der Waals surface area contributed by atoms with Gasteiger partial charge >= 0.3 is 19.8 Å². The summed E-state index contributed by atoms with van der Waals surface area (Å²) in [4.78, 5) is 34.7. The van der Waals surface area contributed by atoms with E-state index in [9.17, 15) is 29.3 Å². The van der Waals surface area contributed by atoms with Crippen molar-refractivity contribution in [1.29, 1.82) is 0 Å². The van der Waals surface area contributed by atoms with E-state index in [1.165, 1.54) is 25.7 Å². The van der Waals surface area contributed by atoms with Crippen LogP contribution in [0.2, 0.25) is 0 Å². The standard InChI is InChI=1S/C37H67O11P/c1-4-5-6-7-9-14-19-24-33(39)25-20-15-12-17-22-27-37(42)48-35(31-47-49(43,44)46-29-34(40)28-38)30-45-36(41)26-21-16-11-8-10-13-18-23-32(2)3/h5-6,9,14,19,24,32-35,38-40H,4,7-8,10-13,15-18,20-23,25-31H2,1-3H3,(H,43,44)/b6-5+,14-9+,24-19+/t33?,34-,35+/m0/s1. The summed E-state index contributed by atoms with van der Waals surface area (Å²) >= 11 is 0. The molecule has 49 heavy (non-hydrogen) atoms. The first-order chi connectivity index (χ1) is 23.5. The molecule has 0 aromatic carbocycles. The van der Waals surface area contributed by atoms with Gasteiger partial charge in [0.2, 0.25) is 0 Å². The van der Waals surface area contributed by atoms with Crippen LogP contribution in [0.15, 0.2) is 36.5 Å². The van der Waals surface area contributed by atoms with Gasteiger partial charge in [-0.25, -0.2) is 4.57 Å². The van der Waals surface area contributed by atoms with Crippen LogP contribution in [0, 0.1) is 5.92 Å². The van der Waals surface area contributed by atoms with Crippen molar-refractivity contribution in [3.8, 4) is 0 Å². The molecular formula is C37H67O11P. The van der Waals surface area contributed by atoms with Crippen molar-refractivity contribution in [2.24, 2.45) is 5.92 Å². The lowest BCUT2D eigenvalue weighted by Gasteiger charge is -2.20. The molecule has 0 radical (unpaired) electrons. The first-order valence-electron chi connectivity index (χ1n) is 18.4. The molecule has 0 aliphatic rings. The molecule has 4 N–H and O–H groups in total. The molecule has 12 heteroatoms. The largest absolute Gasteiger partial charge is 0.472 e. The highest BCUT2D eigenvalue weighted by Gasteiger charge is 2.27.